The highest BCUT2D eigenvalue weighted by molar-refractivity contribution is 7.91. The van der Waals surface area contributed by atoms with Gasteiger partial charge >= 0.3 is 0 Å². The van der Waals surface area contributed by atoms with Crippen LogP contribution in [0.3, 0.4) is 0 Å². The minimum absolute atomic E-state index is 0.634. The zero-order valence-electron chi connectivity index (χ0n) is 12.4. The van der Waals surface area contributed by atoms with Gasteiger partial charge in [0, 0.05) is 10.8 Å². The van der Waals surface area contributed by atoms with E-state index >= 15 is 0 Å². The zero-order valence-corrected chi connectivity index (χ0v) is 15.6. The fourth-order valence-corrected chi connectivity index (χ4v) is 7.35. The normalized spacial score (nSPS) is 13.8. The molecule has 0 heterocycles. The van der Waals surface area contributed by atoms with Crippen LogP contribution in [0.15, 0.2) is 37.8 Å². The number of benzene rings is 2. The molecule has 0 aliphatic carbocycles. The molecule has 0 fully saturated rings. The second kappa shape index (κ2) is 6.07. The van der Waals surface area contributed by atoms with E-state index in [1.807, 2.05) is 0 Å². The second-order valence-corrected chi connectivity index (χ2v) is 10.3. The molecule has 2 aromatic carbocycles. The first-order chi connectivity index (χ1) is 11.9. The van der Waals surface area contributed by atoms with Gasteiger partial charge in [0.15, 0.2) is 0 Å². The van der Waals surface area contributed by atoms with Crippen molar-refractivity contribution in [2.45, 2.75) is 19.6 Å². The van der Waals surface area contributed by atoms with E-state index < -0.39 is 76.6 Å². The van der Waals surface area contributed by atoms with Gasteiger partial charge in [-0.1, -0.05) is 12.1 Å². The van der Waals surface area contributed by atoms with Gasteiger partial charge in [-0.3, -0.25) is 18.2 Å². The summed E-state index contributed by atoms with van der Waals surface area (Å²) < 4.78 is 131. The molecule has 2 aromatic rings. The number of rotatable bonds is 4. The summed E-state index contributed by atoms with van der Waals surface area (Å²) in [6.45, 7) is 0. The van der Waals surface area contributed by atoms with Gasteiger partial charge in [0.25, 0.3) is 40.5 Å². The lowest BCUT2D eigenvalue weighted by Crippen LogP contribution is -2.19. The topological polar surface area (TPSA) is 238 Å². The third-order valence-corrected chi connectivity index (χ3v) is 7.26. The molecule has 0 atom stereocenters. The Morgan fingerprint density at radius 2 is 0.926 bits per heavy atom. The highest BCUT2D eigenvalue weighted by Crippen LogP contribution is 2.43. The summed E-state index contributed by atoms with van der Waals surface area (Å²) in [6, 6.07) is 2.18. The van der Waals surface area contributed by atoms with Crippen LogP contribution in [0.5, 0.6) is 5.75 Å². The average molecular weight is 464 g/mol. The van der Waals surface area contributed by atoms with Crippen LogP contribution >= 0.6 is 0 Å². The molecular weight excluding hydrogens is 456 g/mol. The molecule has 0 amide bonds. The van der Waals surface area contributed by atoms with Crippen LogP contribution in [0.2, 0.25) is 0 Å². The van der Waals surface area contributed by atoms with E-state index in [4.69, 9.17) is 0 Å². The lowest BCUT2D eigenvalue weighted by Gasteiger charge is -2.17. The van der Waals surface area contributed by atoms with Crippen molar-refractivity contribution in [1.82, 2.24) is 0 Å². The van der Waals surface area contributed by atoms with Crippen molar-refractivity contribution >= 4 is 51.2 Å². The highest BCUT2D eigenvalue weighted by atomic mass is 32.2. The largest absolute Gasteiger partial charge is 0.507 e. The molecule has 17 heteroatoms. The van der Waals surface area contributed by atoms with Gasteiger partial charge < -0.3 is 5.11 Å². The molecule has 0 saturated heterocycles. The van der Waals surface area contributed by atoms with Gasteiger partial charge in [-0.15, -0.1) is 0 Å². The number of phenolic OH excluding ortho intramolecular Hbond substituents is 1. The lowest BCUT2D eigenvalue weighted by molar-refractivity contribution is 0.447. The quantitative estimate of drug-likeness (QED) is 0.360. The Morgan fingerprint density at radius 1 is 0.556 bits per heavy atom. The Hall–Kier alpha value is -1.86. The van der Waals surface area contributed by atoms with Crippen LogP contribution in [0.1, 0.15) is 0 Å². The maximum absolute atomic E-state index is 11.7. The van der Waals surface area contributed by atoms with Crippen molar-refractivity contribution in [3.05, 3.63) is 18.2 Å². The molecule has 0 bridgehead atoms. The molecule has 0 unspecified atom stereocenters. The Bertz CT molecular complexity index is 1400. The first kappa shape index (κ1) is 21.4. The van der Waals surface area contributed by atoms with E-state index in [1.54, 1.807) is 0 Å². The molecule has 0 spiro atoms. The molecule has 0 saturated carbocycles. The van der Waals surface area contributed by atoms with E-state index in [2.05, 4.69) is 0 Å². The summed E-state index contributed by atoms with van der Waals surface area (Å²) in [5.41, 5.74) is 0. The van der Waals surface area contributed by atoms with Crippen molar-refractivity contribution in [3.63, 3.8) is 0 Å². The van der Waals surface area contributed by atoms with E-state index in [0.29, 0.717) is 12.1 Å². The maximum atomic E-state index is 11.7. The minimum Gasteiger partial charge on any atom is -0.507 e. The van der Waals surface area contributed by atoms with E-state index in [9.17, 15) is 57.0 Å². The number of fused-ring (bicyclic) bond motifs is 1. The van der Waals surface area contributed by atoms with Crippen molar-refractivity contribution < 1.29 is 57.0 Å². The summed E-state index contributed by atoms with van der Waals surface area (Å²) in [5, 5.41) is 7.50. The molecule has 2 rings (SSSR count). The SMILES string of the molecule is O=S(=O)(O)c1c(S(=O)(=O)O)c(S(=O)(=O)O)c2c(O)cccc2c1S(=O)(=O)O. The van der Waals surface area contributed by atoms with E-state index in [0.717, 1.165) is 6.07 Å². The standard InChI is InChI=1S/C10H8O13S4/c11-5-3-1-2-4-6(5)8(25(15,16)17)10(27(21,22)23)9(26(18,19)20)7(4)24(12,13)14/h1-3,11H,(H,12,13,14)(H,15,16,17)(H,18,19,20)(H,21,22,23). The number of aromatic hydroxyl groups is 1. The summed E-state index contributed by atoms with van der Waals surface area (Å²) in [4.78, 5) is -8.30. The first-order valence-corrected chi connectivity index (χ1v) is 11.9. The summed E-state index contributed by atoms with van der Waals surface area (Å²) in [7, 11) is -23.4. The Morgan fingerprint density at radius 3 is 1.30 bits per heavy atom. The molecule has 0 radical (unpaired) electrons. The van der Waals surface area contributed by atoms with Crippen molar-refractivity contribution in [2.24, 2.45) is 0 Å². The molecule has 0 aliphatic rings. The smallest absolute Gasteiger partial charge is 0.297 e. The van der Waals surface area contributed by atoms with Gasteiger partial charge in [0.2, 0.25) is 0 Å². The van der Waals surface area contributed by atoms with Crippen LogP contribution < -0.4 is 0 Å². The van der Waals surface area contributed by atoms with Gasteiger partial charge in [-0.2, -0.15) is 33.7 Å². The van der Waals surface area contributed by atoms with Gasteiger partial charge in [-0.05, 0) is 6.07 Å². The van der Waals surface area contributed by atoms with Gasteiger partial charge in [-0.25, -0.2) is 0 Å². The third-order valence-electron chi connectivity index (χ3n) is 3.16. The Kier molecular flexibility index (Phi) is 4.82. The predicted octanol–water partition coefficient (Wildman–Crippen LogP) is -0.468. The van der Waals surface area contributed by atoms with Crippen LogP contribution in [0.25, 0.3) is 10.8 Å². The Balaban J connectivity index is 3.67. The van der Waals surface area contributed by atoms with Crippen molar-refractivity contribution in [1.29, 1.82) is 0 Å². The zero-order chi connectivity index (χ0) is 21.2. The summed E-state index contributed by atoms with van der Waals surface area (Å²) in [5.74, 6) is -1.17. The van der Waals surface area contributed by atoms with Crippen LogP contribution in [0.4, 0.5) is 0 Å². The molecule has 150 valence electrons. The summed E-state index contributed by atoms with van der Waals surface area (Å²) >= 11 is 0. The number of hydrogen-bond acceptors (Lipinski definition) is 9. The fraction of sp³-hybridized carbons (Fsp3) is 0. The molecular formula is C10H8O13S4. The number of phenols is 1. The van der Waals surface area contributed by atoms with E-state index in [-0.39, 0.29) is 0 Å². The third kappa shape index (κ3) is 3.75. The van der Waals surface area contributed by atoms with Gasteiger partial charge in [0.1, 0.15) is 25.3 Å². The maximum Gasteiger partial charge on any atom is 0.297 e. The van der Waals surface area contributed by atoms with Crippen LogP contribution in [-0.4, -0.2) is 57.0 Å². The Labute approximate surface area is 151 Å². The van der Waals surface area contributed by atoms with E-state index in [1.165, 1.54) is 0 Å². The molecule has 0 aliphatic heterocycles. The van der Waals surface area contributed by atoms with Gasteiger partial charge in [0.05, 0.1) is 0 Å². The lowest BCUT2D eigenvalue weighted by atomic mass is 10.1. The van der Waals surface area contributed by atoms with Crippen molar-refractivity contribution in [3.8, 4) is 5.75 Å². The number of hydrogen-bond donors (Lipinski definition) is 5. The molecule has 0 aromatic heterocycles. The first-order valence-electron chi connectivity index (χ1n) is 6.10. The minimum atomic E-state index is -5.99. The van der Waals surface area contributed by atoms with Crippen molar-refractivity contribution in [2.75, 3.05) is 0 Å². The predicted molar refractivity (Wildman–Crippen MR) is 84.9 cm³/mol. The van der Waals surface area contributed by atoms with Crippen LogP contribution in [0, 0.1) is 0 Å². The molecule has 27 heavy (non-hydrogen) atoms. The highest BCUT2D eigenvalue weighted by Gasteiger charge is 2.41. The molecule has 13 nitrogen and oxygen atoms in total. The second-order valence-electron chi connectivity index (χ2n) is 4.92. The monoisotopic (exact) mass is 464 g/mol. The fourth-order valence-electron chi connectivity index (χ4n) is 2.38. The average Bonchev–Trinajstić information content (AvgIpc) is 2.40. The van der Waals surface area contributed by atoms with Crippen LogP contribution in [-0.2, 0) is 40.5 Å². The summed E-state index contributed by atoms with van der Waals surface area (Å²) in [6.07, 6.45) is 0. The molecule has 5 N–H and O–H groups in total.